The van der Waals surface area contributed by atoms with E-state index in [9.17, 15) is 4.79 Å². The average molecular weight is 285 g/mol. The van der Waals surface area contributed by atoms with Crippen molar-refractivity contribution in [3.8, 4) is 17.0 Å². The van der Waals surface area contributed by atoms with Crippen LogP contribution in [0, 0.1) is 20.8 Å². The van der Waals surface area contributed by atoms with Crippen LogP contribution < -0.4 is 4.74 Å². The van der Waals surface area contributed by atoms with Gasteiger partial charge in [-0.15, -0.1) is 0 Å². The Morgan fingerprint density at radius 1 is 1.24 bits per heavy atom. The first-order chi connectivity index (χ1) is 10.1. The number of rotatable bonds is 5. The predicted molar refractivity (Wildman–Crippen MR) is 81.9 cm³/mol. The molecule has 2 aromatic rings. The predicted octanol–water partition coefficient (Wildman–Crippen LogP) is 2.86. The summed E-state index contributed by atoms with van der Waals surface area (Å²) in [4.78, 5) is 15.5. The fraction of sp³-hybridized carbons (Fsp3) is 0.294. The number of benzene rings is 1. The number of nitrogens with zero attached hydrogens (tertiary/aromatic N) is 1. The van der Waals surface area contributed by atoms with E-state index in [0.717, 1.165) is 34.2 Å². The zero-order valence-corrected chi connectivity index (χ0v) is 12.5. The van der Waals surface area contributed by atoms with Gasteiger partial charge in [0.2, 0.25) is 5.88 Å². The lowest BCUT2D eigenvalue weighted by atomic mass is 9.95. The molecule has 1 aromatic carbocycles. The highest BCUT2D eigenvalue weighted by atomic mass is 16.5. The third-order valence-electron chi connectivity index (χ3n) is 3.48. The first-order valence-corrected chi connectivity index (χ1v) is 6.85. The molecule has 0 spiro atoms. The van der Waals surface area contributed by atoms with E-state index in [4.69, 9.17) is 9.84 Å². The van der Waals surface area contributed by atoms with Gasteiger partial charge in [0, 0.05) is 22.4 Å². The Bertz CT molecular complexity index is 665. The van der Waals surface area contributed by atoms with E-state index in [-0.39, 0.29) is 13.2 Å². The molecule has 4 heteroatoms. The largest absolute Gasteiger partial charge is 0.475 e. The van der Waals surface area contributed by atoms with Gasteiger partial charge in [-0.1, -0.05) is 18.2 Å². The highest BCUT2D eigenvalue weighted by molar-refractivity contribution is 5.83. The minimum absolute atomic E-state index is 0.0393. The number of hydrogen-bond acceptors (Lipinski definition) is 4. The molecule has 0 fully saturated rings. The molecule has 0 atom stereocenters. The van der Waals surface area contributed by atoms with E-state index in [1.807, 2.05) is 39.0 Å². The molecule has 110 valence electrons. The number of aliphatic hydroxyl groups is 1. The zero-order chi connectivity index (χ0) is 15.4. The molecule has 21 heavy (non-hydrogen) atoms. The molecule has 1 N–H and O–H groups in total. The van der Waals surface area contributed by atoms with E-state index >= 15 is 0 Å². The summed E-state index contributed by atoms with van der Waals surface area (Å²) < 4.78 is 5.42. The summed E-state index contributed by atoms with van der Waals surface area (Å²) in [5, 5.41) is 8.83. The Labute approximate surface area is 124 Å². The molecule has 0 amide bonds. The molecule has 0 saturated heterocycles. The molecule has 0 unspecified atom stereocenters. The summed E-state index contributed by atoms with van der Waals surface area (Å²) in [6.07, 6.45) is 0.868. The van der Waals surface area contributed by atoms with Crippen LogP contribution in [0.3, 0.4) is 0 Å². The number of pyridine rings is 1. The maximum absolute atomic E-state index is 11.1. The van der Waals surface area contributed by atoms with Crippen LogP contribution in [0.2, 0.25) is 0 Å². The maximum Gasteiger partial charge on any atom is 0.216 e. The number of hydrogen-bond donors (Lipinski definition) is 1. The summed E-state index contributed by atoms with van der Waals surface area (Å²) in [6.45, 7) is 5.95. The van der Waals surface area contributed by atoms with Crippen molar-refractivity contribution in [2.24, 2.45) is 0 Å². The Kier molecular flexibility index (Phi) is 4.70. The number of carbonyl (C=O) groups excluding carboxylic acids is 1. The van der Waals surface area contributed by atoms with Crippen LogP contribution in [0.15, 0.2) is 24.3 Å². The number of aliphatic hydroxyl groups excluding tert-OH is 1. The fourth-order valence-corrected chi connectivity index (χ4v) is 2.32. The maximum atomic E-state index is 11.1. The Hall–Kier alpha value is -2.20. The van der Waals surface area contributed by atoms with Gasteiger partial charge < -0.3 is 9.84 Å². The van der Waals surface area contributed by atoms with Crippen molar-refractivity contribution >= 4 is 6.29 Å². The fourth-order valence-electron chi connectivity index (χ4n) is 2.32. The SMILES string of the molecule is Cc1cc(-c2cccc(C=O)c2C)c(C)nc1OCCO. The van der Waals surface area contributed by atoms with E-state index in [1.54, 1.807) is 6.07 Å². The molecule has 0 bridgehead atoms. The monoisotopic (exact) mass is 285 g/mol. The molecular formula is C17H19NO3. The average Bonchev–Trinajstić information content (AvgIpc) is 2.48. The van der Waals surface area contributed by atoms with Gasteiger partial charge >= 0.3 is 0 Å². The number of aryl methyl sites for hydroxylation is 2. The summed E-state index contributed by atoms with van der Waals surface area (Å²) >= 11 is 0. The van der Waals surface area contributed by atoms with Gasteiger partial charge in [-0.25, -0.2) is 4.98 Å². The van der Waals surface area contributed by atoms with Crippen LogP contribution >= 0.6 is 0 Å². The second kappa shape index (κ2) is 6.50. The Morgan fingerprint density at radius 3 is 2.67 bits per heavy atom. The van der Waals surface area contributed by atoms with Crippen LogP contribution in [-0.2, 0) is 0 Å². The standard InChI is InChI=1S/C17H19NO3/c1-11-9-16(13(3)18-17(11)21-8-7-19)15-6-4-5-14(10-20)12(15)2/h4-6,9-10,19H,7-8H2,1-3H3. The van der Waals surface area contributed by atoms with Gasteiger partial charge in [0.25, 0.3) is 0 Å². The molecule has 1 heterocycles. The zero-order valence-electron chi connectivity index (χ0n) is 12.5. The Morgan fingerprint density at radius 2 is 2.00 bits per heavy atom. The first-order valence-electron chi connectivity index (χ1n) is 6.85. The van der Waals surface area contributed by atoms with Crippen LogP contribution in [0.5, 0.6) is 5.88 Å². The normalized spacial score (nSPS) is 10.5. The quantitative estimate of drug-likeness (QED) is 0.858. The van der Waals surface area contributed by atoms with E-state index in [1.165, 1.54) is 0 Å². The van der Waals surface area contributed by atoms with Crippen LogP contribution in [0.25, 0.3) is 11.1 Å². The summed E-state index contributed by atoms with van der Waals surface area (Å²) in [7, 11) is 0. The lowest BCUT2D eigenvalue weighted by molar-refractivity contribution is 0.112. The van der Waals surface area contributed by atoms with E-state index in [2.05, 4.69) is 4.98 Å². The number of carbonyl (C=O) groups is 1. The third-order valence-corrected chi connectivity index (χ3v) is 3.48. The molecule has 0 aliphatic rings. The Balaban J connectivity index is 2.50. The first kappa shape index (κ1) is 15.2. The van der Waals surface area contributed by atoms with E-state index < -0.39 is 0 Å². The van der Waals surface area contributed by atoms with Crippen molar-refractivity contribution in [1.29, 1.82) is 0 Å². The van der Waals surface area contributed by atoms with Crippen LogP contribution in [-0.4, -0.2) is 29.6 Å². The smallest absolute Gasteiger partial charge is 0.216 e. The molecule has 0 aliphatic heterocycles. The van der Waals surface area contributed by atoms with Crippen molar-refractivity contribution in [3.05, 3.63) is 46.6 Å². The van der Waals surface area contributed by atoms with Crippen molar-refractivity contribution in [2.45, 2.75) is 20.8 Å². The summed E-state index contributed by atoms with van der Waals surface area (Å²) in [5.74, 6) is 0.537. The summed E-state index contributed by atoms with van der Waals surface area (Å²) in [5.41, 5.74) is 5.36. The number of ether oxygens (including phenoxy) is 1. The summed E-state index contributed by atoms with van der Waals surface area (Å²) in [6, 6.07) is 7.67. The topological polar surface area (TPSA) is 59.4 Å². The molecular weight excluding hydrogens is 266 g/mol. The van der Waals surface area contributed by atoms with Crippen molar-refractivity contribution in [2.75, 3.05) is 13.2 Å². The molecule has 2 rings (SSSR count). The van der Waals surface area contributed by atoms with Gasteiger partial charge in [-0.3, -0.25) is 4.79 Å². The molecule has 0 saturated carbocycles. The van der Waals surface area contributed by atoms with Crippen molar-refractivity contribution in [1.82, 2.24) is 4.98 Å². The van der Waals surface area contributed by atoms with E-state index in [0.29, 0.717) is 11.4 Å². The van der Waals surface area contributed by atoms with Gasteiger partial charge in [0.1, 0.15) is 12.9 Å². The lowest BCUT2D eigenvalue weighted by Crippen LogP contribution is -2.06. The van der Waals surface area contributed by atoms with Gasteiger partial charge in [0.05, 0.1) is 6.61 Å². The molecule has 0 aliphatic carbocycles. The van der Waals surface area contributed by atoms with Crippen LogP contribution in [0.4, 0.5) is 0 Å². The van der Waals surface area contributed by atoms with Crippen LogP contribution in [0.1, 0.15) is 27.2 Å². The highest BCUT2D eigenvalue weighted by Gasteiger charge is 2.12. The number of aldehydes is 1. The van der Waals surface area contributed by atoms with Crippen molar-refractivity contribution < 1.29 is 14.6 Å². The highest BCUT2D eigenvalue weighted by Crippen LogP contribution is 2.30. The minimum Gasteiger partial charge on any atom is -0.475 e. The second-order valence-corrected chi connectivity index (χ2v) is 4.95. The third kappa shape index (κ3) is 3.11. The number of aromatic nitrogens is 1. The molecule has 4 nitrogen and oxygen atoms in total. The van der Waals surface area contributed by atoms with Gasteiger partial charge in [0.15, 0.2) is 0 Å². The lowest BCUT2D eigenvalue weighted by Gasteiger charge is -2.14. The molecule has 1 aromatic heterocycles. The second-order valence-electron chi connectivity index (χ2n) is 4.95. The van der Waals surface area contributed by atoms with Gasteiger partial charge in [-0.2, -0.15) is 0 Å². The minimum atomic E-state index is -0.0393. The molecule has 0 radical (unpaired) electrons. The van der Waals surface area contributed by atoms with Gasteiger partial charge in [-0.05, 0) is 38.0 Å². The van der Waals surface area contributed by atoms with Crippen molar-refractivity contribution in [3.63, 3.8) is 0 Å².